The molecule has 0 fully saturated rings. The van der Waals surface area contributed by atoms with Gasteiger partial charge in [0.1, 0.15) is 11.6 Å². The molecule has 0 spiro atoms. The van der Waals surface area contributed by atoms with Crippen LogP contribution in [0.25, 0.3) is 11.0 Å². The first-order valence-electron chi connectivity index (χ1n) is 6.51. The lowest BCUT2D eigenvalue weighted by molar-refractivity contribution is 0.609. The van der Waals surface area contributed by atoms with Gasteiger partial charge < -0.3 is 14.9 Å². The third-order valence-electron chi connectivity index (χ3n) is 3.18. The number of rotatable bonds is 5. The van der Waals surface area contributed by atoms with E-state index in [1.165, 1.54) is 5.52 Å². The highest BCUT2D eigenvalue weighted by atomic mass is 15.1. The van der Waals surface area contributed by atoms with Crippen molar-refractivity contribution in [2.75, 3.05) is 0 Å². The summed E-state index contributed by atoms with van der Waals surface area (Å²) < 4.78 is 2.24. The highest BCUT2D eigenvalue weighted by molar-refractivity contribution is 5.75. The fourth-order valence-corrected chi connectivity index (χ4v) is 2.30. The number of para-hydroxylation sites is 2. The largest absolute Gasteiger partial charge is 0.348 e. The Kier molecular flexibility index (Phi) is 3.29. The van der Waals surface area contributed by atoms with Crippen LogP contribution in [0.2, 0.25) is 0 Å². The zero-order chi connectivity index (χ0) is 13.1. The molecular weight excluding hydrogens is 238 g/mol. The lowest BCUT2D eigenvalue weighted by Gasteiger charge is -2.06. The molecule has 0 atom stereocenters. The molecule has 2 aromatic heterocycles. The van der Waals surface area contributed by atoms with Crippen molar-refractivity contribution in [2.24, 2.45) is 0 Å². The van der Waals surface area contributed by atoms with Crippen LogP contribution in [0.5, 0.6) is 0 Å². The summed E-state index contributed by atoms with van der Waals surface area (Å²) in [7, 11) is 0. The second-order valence-electron chi connectivity index (χ2n) is 4.40. The van der Waals surface area contributed by atoms with E-state index in [0.717, 1.165) is 36.8 Å². The number of aromatic nitrogens is 4. The summed E-state index contributed by atoms with van der Waals surface area (Å²) in [6, 6.07) is 8.24. The molecule has 0 amide bonds. The number of imidazole rings is 2. The number of aryl methyl sites for hydroxylation is 1. The van der Waals surface area contributed by atoms with Crippen molar-refractivity contribution in [3.05, 3.63) is 48.3 Å². The fourth-order valence-electron chi connectivity index (χ4n) is 2.30. The van der Waals surface area contributed by atoms with Gasteiger partial charge in [-0.25, -0.2) is 9.97 Å². The van der Waals surface area contributed by atoms with Crippen molar-refractivity contribution < 1.29 is 0 Å². The van der Waals surface area contributed by atoms with Gasteiger partial charge in [0.2, 0.25) is 0 Å². The molecular formula is C14H17N5. The maximum Gasteiger partial charge on any atom is 0.123 e. The molecule has 5 nitrogen and oxygen atoms in total. The Morgan fingerprint density at radius 3 is 2.95 bits per heavy atom. The first kappa shape index (κ1) is 11.9. The molecule has 0 radical (unpaired) electrons. The Morgan fingerprint density at radius 1 is 1.26 bits per heavy atom. The molecule has 0 bridgehead atoms. The van der Waals surface area contributed by atoms with Crippen molar-refractivity contribution in [1.29, 1.82) is 0 Å². The van der Waals surface area contributed by atoms with Gasteiger partial charge in [0.05, 0.1) is 24.1 Å². The summed E-state index contributed by atoms with van der Waals surface area (Å²) in [6.07, 6.45) is 3.59. The molecule has 19 heavy (non-hydrogen) atoms. The van der Waals surface area contributed by atoms with Crippen molar-refractivity contribution in [2.45, 2.75) is 26.6 Å². The summed E-state index contributed by atoms with van der Waals surface area (Å²) in [4.78, 5) is 11.9. The summed E-state index contributed by atoms with van der Waals surface area (Å²) in [5, 5.41) is 3.36. The van der Waals surface area contributed by atoms with Gasteiger partial charge in [0.25, 0.3) is 0 Å². The molecule has 3 aromatic rings. The van der Waals surface area contributed by atoms with Crippen molar-refractivity contribution in [1.82, 2.24) is 24.8 Å². The third-order valence-corrected chi connectivity index (χ3v) is 3.18. The van der Waals surface area contributed by atoms with E-state index in [1.807, 2.05) is 12.3 Å². The highest BCUT2D eigenvalue weighted by Gasteiger charge is 2.08. The van der Waals surface area contributed by atoms with Crippen LogP contribution in [0.4, 0.5) is 0 Å². The first-order chi connectivity index (χ1) is 9.38. The number of aromatic amines is 1. The van der Waals surface area contributed by atoms with Gasteiger partial charge in [0.15, 0.2) is 0 Å². The number of H-pyrrole nitrogens is 1. The molecule has 0 aliphatic carbocycles. The van der Waals surface area contributed by atoms with Crippen LogP contribution in [0.1, 0.15) is 18.6 Å². The van der Waals surface area contributed by atoms with Crippen molar-refractivity contribution in [3.63, 3.8) is 0 Å². The topological polar surface area (TPSA) is 58.5 Å². The van der Waals surface area contributed by atoms with Gasteiger partial charge in [-0.2, -0.15) is 0 Å². The van der Waals surface area contributed by atoms with E-state index >= 15 is 0 Å². The maximum atomic E-state index is 4.67. The molecule has 2 N–H and O–H groups in total. The Labute approximate surface area is 111 Å². The van der Waals surface area contributed by atoms with Crippen LogP contribution >= 0.6 is 0 Å². The summed E-state index contributed by atoms with van der Waals surface area (Å²) >= 11 is 0. The van der Waals surface area contributed by atoms with Crippen LogP contribution in [-0.4, -0.2) is 19.5 Å². The lowest BCUT2D eigenvalue weighted by Crippen LogP contribution is -2.17. The van der Waals surface area contributed by atoms with Crippen LogP contribution in [0.15, 0.2) is 36.7 Å². The molecule has 0 aliphatic rings. The van der Waals surface area contributed by atoms with E-state index < -0.39 is 0 Å². The van der Waals surface area contributed by atoms with E-state index in [-0.39, 0.29) is 0 Å². The zero-order valence-corrected chi connectivity index (χ0v) is 10.9. The number of nitrogens with one attached hydrogen (secondary N) is 2. The summed E-state index contributed by atoms with van der Waals surface area (Å²) in [6.45, 7) is 4.53. The lowest BCUT2D eigenvalue weighted by atomic mass is 10.3. The van der Waals surface area contributed by atoms with Gasteiger partial charge in [-0.15, -0.1) is 0 Å². The molecule has 98 valence electrons. The minimum atomic E-state index is 0.722. The normalized spacial score (nSPS) is 11.2. The molecule has 1 aromatic carbocycles. The van der Waals surface area contributed by atoms with Gasteiger partial charge in [-0.05, 0) is 19.1 Å². The van der Waals surface area contributed by atoms with E-state index in [1.54, 1.807) is 6.20 Å². The van der Waals surface area contributed by atoms with E-state index in [4.69, 9.17) is 0 Å². The number of nitrogens with zero attached hydrogens (tertiary/aromatic N) is 3. The molecule has 5 heteroatoms. The molecule has 0 aliphatic heterocycles. The Balaban J connectivity index is 1.76. The number of hydrogen-bond donors (Lipinski definition) is 2. The number of fused-ring (bicyclic) bond motifs is 1. The third kappa shape index (κ3) is 2.37. The monoisotopic (exact) mass is 255 g/mol. The SMILES string of the molecule is CCn1c(CNCc2ncc[nH]2)nc2ccccc21. The summed E-state index contributed by atoms with van der Waals surface area (Å²) in [5.74, 6) is 2.01. The predicted octanol–water partition coefficient (Wildman–Crippen LogP) is 2.07. The zero-order valence-electron chi connectivity index (χ0n) is 10.9. The van der Waals surface area contributed by atoms with Crippen LogP contribution in [-0.2, 0) is 19.6 Å². The number of hydrogen-bond acceptors (Lipinski definition) is 3. The molecule has 0 saturated carbocycles. The van der Waals surface area contributed by atoms with Crippen LogP contribution < -0.4 is 5.32 Å². The van der Waals surface area contributed by atoms with Crippen molar-refractivity contribution in [3.8, 4) is 0 Å². The van der Waals surface area contributed by atoms with E-state index in [0.29, 0.717) is 0 Å². The molecule has 3 rings (SSSR count). The van der Waals surface area contributed by atoms with E-state index in [9.17, 15) is 0 Å². The van der Waals surface area contributed by atoms with Gasteiger partial charge in [0, 0.05) is 18.9 Å². The second-order valence-corrected chi connectivity index (χ2v) is 4.40. The standard InChI is InChI=1S/C14H17N5/c1-2-19-12-6-4-3-5-11(12)18-14(19)10-15-9-13-16-7-8-17-13/h3-8,15H,2,9-10H2,1H3,(H,16,17). The average Bonchev–Trinajstić information content (AvgIpc) is 3.05. The van der Waals surface area contributed by atoms with Crippen molar-refractivity contribution >= 4 is 11.0 Å². The van der Waals surface area contributed by atoms with Gasteiger partial charge >= 0.3 is 0 Å². The smallest absolute Gasteiger partial charge is 0.123 e. The first-order valence-corrected chi connectivity index (χ1v) is 6.51. The summed E-state index contributed by atoms with van der Waals surface area (Å²) in [5.41, 5.74) is 2.25. The Hall–Kier alpha value is -2.14. The minimum Gasteiger partial charge on any atom is -0.348 e. The second kappa shape index (κ2) is 5.24. The minimum absolute atomic E-state index is 0.722. The molecule has 0 unspecified atom stereocenters. The predicted molar refractivity (Wildman–Crippen MR) is 74.5 cm³/mol. The van der Waals surface area contributed by atoms with Crippen LogP contribution in [0, 0.1) is 0 Å². The Morgan fingerprint density at radius 2 is 2.16 bits per heavy atom. The highest BCUT2D eigenvalue weighted by Crippen LogP contribution is 2.15. The quantitative estimate of drug-likeness (QED) is 0.733. The van der Waals surface area contributed by atoms with Gasteiger partial charge in [-0.3, -0.25) is 0 Å². The molecule has 0 saturated heterocycles. The molecule has 2 heterocycles. The Bertz CT molecular complexity index is 654. The average molecular weight is 255 g/mol. The van der Waals surface area contributed by atoms with Crippen LogP contribution in [0.3, 0.4) is 0 Å². The van der Waals surface area contributed by atoms with Gasteiger partial charge in [-0.1, -0.05) is 12.1 Å². The maximum absolute atomic E-state index is 4.67. The van der Waals surface area contributed by atoms with E-state index in [2.05, 4.69) is 50.0 Å². The number of benzene rings is 1. The fraction of sp³-hybridized carbons (Fsp3) is 0.286.